The number of primary amides is 1. The number of halogens is 1. The number of piperidine rings is 1. The number of carbonyl (C=O) groups is 2. The van der Waals surface area contributed by atoms with E-state index in [0.717, 1.165) is 16.5 Å². The zero-order valence-corrected chi connectivity index (χ0v) is 12.1. The van der Waals surface area contributed by atoms with Crippen molar-refractivity contribution >= 4 is 34.3 Å². The van der Waals surface area contributed by atoms with Crippen LogP contribution >= 0.6 is 11.6 Å². The van der Waals surface area contributed by atoms with E-state index in [-0.39, 0.29) is 17.7 Å². The third-order valence-corrected chi connectivity index (χ3v) is 4.16. The number of aromatic nitrogens is 2. The van der Waals surface area contributed by atoms with Crippen LogP contribution in [0.1, 0.15) is 18.4 Å². The van der Waals surface area contributed by atoms with E-state index < -0.39 is 0 Å². The molecule has 1 fully saturated rings. The fourth-order valence-electron chi connectivity index (χ4n) is 2.68. The van der Waals surface area contributed by atoms with Crippen molar-refractivity contribution in [2.24, 2.45) is 11.7 Å². The molecular weight excluding hydrogens is 292 g/mol. The molecule has 2 heterocycles. The SMILES string of the molecule is NC(=O)[C@H]1CCC(=O)N(Cc2cc(Cl)c3cn[nH]c3c2)C1. The normalized spacial score (nSPS) is 19.2. The molecule has 2 amide bonds. The highest BCUT2D eigenvalue weighted by molar-refractivity contribution is 6.35. The summed E-state index contributed by atoms with van der Waals surface area (Å²) in [6.07, 6.45) is 2.55. The molecule has 1 aliphatic rings. The first-order chi connectivity index (χ1) is 10.0. The largest absolute Gasteiger partial charge is 0.369 e. The maximum Gasteiger partial charge on any atom is 0.222 e. The molecule has 110 valence electrons. The summed E-state index contributed by atoms with van der Waals surface area (Å²) in [6, 6.07) is 3.73. The quantitative estimate of drug-likeness (QED) is 0.898. The Morgan fingerprint density at radius 3 is 3.10 bits per heavy atom. The van der Waals surface area contributed by atoms with Crippen LogP contribution < -0.4 is 5.73 Å². The van der Waals surface area contributed by atoms with Gasteiger partial charge in [-0.3, -0.25) is 14.7 Å². The minimum atomic E-state index is -0.352. The molecule has 0 unspecified atom stereocenters. The van der Waals surface area contributed by atoms with Crippen molar-refractivity contribution in [3.8, 4) is 0 Å². The van der Waals surface area contributed by atoms with E-state index in [9.17, 15) is 9.59 Å². The van der Waals surface area contributed by atoms with Crippen molar-refractivity contribution in [3.63, 3.8) is 0 Å². The highest BCUT2D eigenvalue weighted by atomic mass is 35.5. The van der Waals surface area contributed by atoms with Gasteiger partial charge in [0.25, 0.3) is 0 Å². The van der Waals surface area contributed by atoms with Crippen molar-refractivity contribution in [2.75, 3.05) is 6.54 Å². The zero-order chi connectivity index (χ0) is 15.0. The van der Waals surface area contributed by atoms with E-state index in [2.05, 4.69) is 10.2 Å². The Morgan fingerprint density at radius 2 is 2.33 bits per heavy atom. The Bertz CT molecular complexity index is 712. The number of carbonyl (C=O) groups excluding carboxylic acids is 2. The third-order valence-electron chi connectivity index (χ3n) is 3.84. The molecule has 1 saturated heterocycles. The maximum atomic E-state index is 12.0. The first-order valence-electron chi connectivity index (χ1n) is 6.73. The lowest BCUT2D eigenvalue weighted by molar-refractivity contribution is -0.138. The first kappa shape index (κ1) is 13.9. The number of nitrogens with one attached hydrogen (secondary N) is 1. The fourth-order valence-corrected chi connectivity index (χ4v) is 2.97. The van der Waals surface area contributed by atoms with Gasteiger partial charge in [-0.1, -0.05) is 11.6 Å². The molecule has 1 aliphatic heterocycles. The molecule has 2 aromatic rings. The second kappa shape index (κ2) is 5.37. The van der Waals surface area contributed by atoms with Crippen molar-refractivity contribution in [1.82, 2.24) is 15.1 Å². The average molecular weight is 307 g/mol. The fraction of sp³-hybridized carbons (Fsp3) is 0.357. The predicted molar refractivity (Wildman–Crippen MR) is 78.4 cm³/mol. The van der Waals surface area contributed by atoms with Crippen molar-refractivity contribution in [2.45, 2.75) is 19.4 Å². The number of nitrogens with zero attached hydrogens (tertiary/aromatic N) is 2. The van der Waals surface area contributed by atoms with Crippen molar-refractivity contribution < 1.29 is 9.59 Å². The van der Waals surface area contributed by atoms with Gasteiger partial charge < -0.3 is 10.6 Å². The summed E-state index contributed by atoms with van der Waals surface area (Å²) in [5.74, 6) is -0.586. The topological polar surface area (TPSA) is 92.1 Å². The second-order valence-corrected chi connectivity index (χ2v) is 5.73. The predicted octanol–water partition coefficient (Wildman–Crippen LogP) is 1.44. The molecule has 6 nitrogen and oxygen atoms in total. The molecule has 1 aromatic carbocycles. The van der Waals surface area contributed by atoms with Gasteiger partial charge in [0.1, 0.15) is 0 Å². The summed E-state index contributed by atoms with van der Waals surface area (Å²) in [7, 11) is 0. The van der Waals surface area contributed by atoms with Gasteiger partial charge in [0, 0.05) is 24.9 Å². The summed E-state index contributed by atoms with van der Waals surface area (Å²) in [5, 5.41) is 8.25. The zero-order valence-electron chi connectivity index (χ0n) is 11.3. The number of aromatic amines is 1. The Morgan fingerprint density at radius 1 is 1.52 bits per heavy atom. The molecule has 7 heteroatoms. The van der Waals surface area contributed by atoms with Gasteiger partial charge in [-0.25, -0.2) is 0 Å². The third kappa shape index (κ3) is 2.71. The second-order valence-electron chi connectivity index (χ2n) is 5.32. The molecular formula is C14H15ClN4O2. The van der Waals surface area contributed by atoms with Gasteiger partial charge in [0.15, 0.2) is 0 Å². The highest BCUT2D eigenvalue weighted by Crippen LogP contribution is 2.26. The van der Waals surface area contributed by atoms with Gasteiger partial charge in [0.2, 0.25) is 11.8 Å². The van der Waals surface area contributed by atoms with Gasteiger partial charge in [-0.2, -0.15) is 5.10 Å². The number of nitrogens with two attached hydrogens (primary N) is 1. The molecule has 0 radical (unpaired) electrons. The van der Waals surface area contributed by atoms with Gasteiger partial charge >= 0.3 is 0 Å². The van der Waals surface area contributed by atoms with E-state index in [1.165, 1.54) is 0 Å². The van der Waals surface area contributed by atoms with Gasteiger partial charge in [-0.15, -0.1) is 0 Å². The molecule has 3 N–H and O–H groups in total. The number of fused-ring (bicyclic) bond motifs is 1. The summed E-state index contributed by atoms with van der Waals surface area (Å²) >= 11 is 6.20. The number of benzene rings is 1. The summed E-state index contributed by atoms with van der Waals surface area (Å²) in [6.45, 7) is 0.782. The highest BCUT2D eigenvalue weighted by Gasteiger charge is 2.28. The van der Waals surface area contributed by atoms with E-state index >= 15 is 0 Å². The van der Waals surface area contributed by atoms with E-state index in [0.29, 0.717) is 31.0 Å². The number of hydrogen-bond donors (Lipinski definition) is 2. The Labute approximate surface area is 126 Å². The minimum Gasteiger partial charge on any atom is -0.369 e. The summed E-state index contributed by atoms with van der Waals surface area (Å²) in [4.78, 5) is 24.9. The summed E-state index contributed by atoms with van der Waals surface area (Å²) < 4.78 is 0. The van der Waals surface area contributed by atoms with Gasteiger partial charge in [-0.05, 0) is 24.1 Å². The standard InChI is InChI=1S/C14H15ClN4O2/c15-11-3-8(4-12-10(11)5-17-18-12)6-19-7-9(14(16)21)1-2-13(19)20/h3-5,9H,1-2,6-7H2,(H2,16,21)(H,17,18)/t9-/m0/s1. The number of rotatable bonds is 3. The van der Waals surface area contributed by atoms with Crippen LogP contribution in [0, 0.1) is 5.92 Å². The molecule has 1 aromatic heterocycles. The first-order valence-corrected chi connectivity index (χ1v) is 7.11. The minimum absolute atomic E-state index is 0.0355. The lowest BCUT2D eigenvalue weighted by Gasteiger charge is -2.31. The van der Waals surface area contributed by atoms with Crippen LogP contribution in [-0.4, -0.2) is 33.5 Å². The number of H-pyrrole nitrogens is 1. The monoisotopic (exact) mass is 306 g/mol. The molecule has 0 spiro atoms. The van der Waals surface area contributed by atoms with Crippen LogP contribution in [-0.2, 0) is 16.1 Å². The molecule has 0 bridgehead atoms. The lowest BCUT2D eigenvalue weighted by Crippen LogP contribution is -2.43. The van der Waals surface area contributed by atoms with E-state index in [1.807, 2.05) is 12.1 Å². The van der Waals surface area contributed by atoms with Crippen LogP contribution in [0.5, 0.6) is 0 Å². The maximum absolute atomic E-state index is 12.0. The van der Waals surface area contributed by atoms with Crippen LogP contribution in [0.3, 0.4) is 0 Å². The smallest absolute Gasteiger partial charge is 0.222 e. The molecule has 0 saturated carbocycles. The summed E-state index contributed by atoms with van der Waals surface area (Å²) in [5.41, 5.74) is 7.07. The Balaban J connectivity index is 1.83. The average Bonchev–Trinajstić information content (AvgIpc) is 2.90. The van der Waals surface area contributed by atoms with Gasteiger partial charge in [0.05, 0.1) is 22.7 Å². The van der Waals surface area contributed by atoms with Crippen LogP contribution in [0.15, 0.2) is 18.3 Å². The molecule has 21 heavy (non-hydrogen) atoms. The van der Waals surface area contributed by atoms with Crippen molar-refractivity contribution in [3.05, 3.63) is 28.9 Å². The van der Waals surface area contributed by atoms with E-state index in [1.54, 1.807) is 11.1 Å². The Hall–Kier alpha value is -2.08. The van der Waals surface area contributed by atoms with Crippen LogP contribution in [0.2, 0.25) is 5.02 Å². The number of amides is 2. The Kier molecular flexibility index (Phi) is 3.55. The van der Waals surface area contributed by atoms with Crippen molar-refractivity contribution in [1.29, 1.82) is 0 Å². The van der Waals surface area contributed by atoms with E-state index in [4.69, 9.17) is 17.3 Å². The number of hydrogen-bond acceptors (Lipinski definition) is 3. The molecule has 1 atom stereocenters. The number of likely N-dealkylation sites (tertiary alicyclic amines) is 1. The lowest BCUT2D eigenvalue weighted by atomic mass is 9.96. The van der Waals surface area contributed by atoms with Crippen LogP contribution in [0.25, 0.3) is 10.9 Å². The molecule has 0 aliphatic carbocycles. The molecule has 3 rings (SSSR count). The van der Waals surface area contributed by atoms with Crippen LogP contribution in [0.4, 0.5) is 0 Å².